The molecule has 2 aliphatic heterocycles. The molecular formula is C26H27FN4O2. The van der Waals surface area contributed by atoms with Crippen LogP contribution in [0.3, 0.4) is 0 Å². The molecular weight excluding hydrogens is 419 g/mol. The predicted octanol–water partition coefficient (Wildman–Crippen LogP) is 4.91. The average Bonchev–Trinajstić information content (AvgIpc) is 2.85. The van der Waals surface area contributed by atoms with Crippen molar-refractivity contribution < 1.29 is 13.9 Å². The van der Waals surface area contributed by atoms with Gasteiger partial charge < -0.3 is 14.5 Å². The molecule has 5 rings (SSSR count). The van der Waals surface area contributed by atoms with Gasteiger partial charge in [0, 0.05) is 31.6 Å². The molecule has 6 nitrogen and oxygen atoms in total. The number of fused-ring (bicyclic) bond motifs is 1. The van der Waals surface area contributed by atoms with Crippen LogP contribution in [0.2, 0.25) is 0 Å². The van der Waals surface area contributed by atoms with E-state index in [4.69, 9.17) is 14.7 Å². The second kappa shape index (κ2) is 9.17. The first-order valence-corrected chi connectivity index (χ1v) is 11.5. The third-order valence-corrected chi connectivity index (χ3v) is 6.26. The van der Waals surface area contributed by atoms with Gasteiger partial charge in [0.1, 0.15) is 11.6 Å². The van der Waals surface area contributed by atoms with Crippen molar-refractivity contribution in [2.24, 2.45) is 0 Å². The Kier molecular flexibility index (Phi) is 5.94. The number of anilines is 1. The summed E-state index contributed by atoms with van der Waals surface area (Å²) in [7, 11) is 0. The zero-order chi connectivity index (χ0) is 22.8. The molecule has 0 unspecified atom stereocenters. The van der Waals surface area contributed by atoms with Gasteiger partial charge in [-0.15, -0.1) is 0 Å². The van der Waals surface area contributed by atoms with Gasteiger partial charge in [-0.1, -0.05) is 17.7 Å². The standard InChI is InChI=1S/C26H27FN4O2/c1-18-5-11-21(12-6-18)33-24-22-17-31(25(32)19-7-9-20(27)10-8-19)16-13-23(22)28-26(29-24)30-14-3-2-4-15-30/h5-12H,2-4,13-17H2,1H3. The van der Waals surface area contributed by atoms with Crippen molar-refractivity contribution in [3.63, 3.8) is 0 Å². The molecule has 0 N–H and O–H groups in total. The topological polar surface area (TPSA) is 58.6 Å². The number of nitrogens with zero attached hydrogens (tertiary/aromatic N) is 4. The number of piperidine rings is 1. The molecule has 3 aromatic rings. The summed E-state index contributed by atoms with van der Waals surface area (Å²) in [5, 5.41) is 0. The summed E-state index contributed by atoms with van der Waals surface area (Å²) in [6, 6.07) is 13.5. The van der Waals surface area contributed by atoms with Gasteiger partial charge >= 0.3 is 0 Å². The Morgan fingerprint density at radius 2 is 1.67 bits per heavy atom. The van der Waals surface area contributed by atoms with Crippen LogP contribution in [0.4, 0.5) is 10.3 Å². The number of amides is 1. The third-order valence-electron chi connectivity index (χ3n) is 6.26. The molecule has 33 heavy (non-hydrogen) atoms. The van der Waals surface area contributed by atoms with Crippen LogP contribution in [-0.2, 0) is 13.0 Å². The number of carbonyl (C=O) groups excluding carboxylic acids is 1. The van der Waals surface area contributed by atoms with E-state index in [2.05, 4.69) is 4.90 Å². The van der Waals surface area contributed by atoms with E-state index in [1.165, 1.54) is 30.7 Å². The second-order valence-electron chi connectivity index (χ2n) is 8.70. The van der Waals surface area contributed by atoms with E-state index in [0.29, 0.717) is 42.7 Å². The van der Waals surface area contributed by atoms with Crippen molar-refractivity contribution in [3.8, 4) is 11.6 Å². The normalized spacial score (nSPS) is 15.8. The van der Waals surface area contributed by atoms with Crippen LogP contribution in [0.1, 0.15) is 46.4 Å². The quantitative estimate of drug-likeness (QED) is 0.570. The third kappa shape index (κ3) is 4.67. The molecule has 1 fully saturated rings. The highest BCUT2D eigenvalue weighted by Crippen LogP contribution is 2.32. The summed E-state index contributed by atoms with van der Waals surface area (Å²) in [6.07, 6.45) is 4.12. The van der Waals surface area contributed by atoms with Crippen LogP contribution in [0.25, 0.3) is 0 Å². The maximum atomic E-state index is 13.3. The Bertz CT molecular complexity index is 1140. The lowest BCUT2D eigenvalue weighted by Gasteiger charge is -2.32. The highest BCUT2D eigenvalue weighted by atomic mass is 19.1. The summed E-state index contributed by atoms with van der Waals surface area (Å²) < 4.78 is 19.6. The monoisotopic (exact) mass is 446 g/mol. The largest absolute Gasteiger partial charge is 0.438 e. The Hall–Kier alpha value is -3.48. The Labute approximate surface area is 193 Å². The fraction of sp³-hybridized carbons (Fsp3) is 0.346. The fourth-order valence-electron chi connectivity index (χ4n) is 4.36. The number of aryl methyl sites for hydroxylation is 1. The van der Waals surface area contributed by atoms with E-state index >= 15 is 0 Å². The van der Waals surface area contributed by atoms with Gasteiger partial charge in [-0.25, -0.2) is 9.37 Å². The second-order valence-corrected chi connectivity index (χ2v) is 8.70. The minimum Gasteiger partial charge on any atom is -0.438 e. The number of halogens is 1. The molecule has 0 bridgehead atoms. The molecule has 170 valence electrons. The van der Waals surface area contributed by atoms with Crippen molar-refractivity contribution in [2.75, 3.05) is 24.5 Å². The molecule has 0 radical (unpaired) electrons. The fourth-order valence-corrected chi connectivity index (χ4v) is 4.36. The van der Waals surface area contributed by atoms with E-state index in [-0.39, 0.29) is 11.7 Å². The molecule has 1 amide bonds. The summed E-state index contributed by atoms with van der Waals surface area (Å²) in [5.74, 6) is 1.41. The number of carbonyl (C=O) groups is 1. The lowest BCUT2D eigenvalue weighted by Crippen LogP contribution is -2.37. The van der Waals surface area contributed by atoms with Gasteiger partial charge in [0.2, 0.25) is 11.8 Å². The van der Waals surface area contributed by atoms with Crippen LogP contribution >= 0.6 is 0 Å². The number of benzene rings is 2. The minimum absolute atomic E-state index is 0.137. The maximum absolute atomic E-state index is 13.3. The predicted molar refractivity (Wildman–Crippen MR) is 124 cm³/mol. The minimum atomic E-state index is -0.358. The van der Waals surface area contributed by atoms with Gasteiger partial charge in [-0.05, 0) is 62.6 Å². The van der Waals surface area contributed by atoms with Crippen LogP contribution in [0.15, 0.2) is 48.5 Å². The summed E-state index contributed by atoms with van der Waals surface area (Å²) in [5.41, 5.74) is 3.37. The number of ether oxygens (including phenoxy) is 1. The van der Waals surface area contributed by atoms with Crippen LogP contribution in [0.5, 0.6) is 11.6 Å². The van der Waals surface area contributed by atoms with Gasteiger partial charge in [0.05, 0.1) is 17.8 Å². The molecule has 2 aromatic carbocycles. The Morgan fingerprint density at radius 1 is 0.939 bits per heavy atom. The van der Waals surface area contributed by atoms with Crippen molar-refractivity contribution in [3.05, 3.63) is 76.7 Å². The van der Waals surface area contributed by atoms with Gasteiger partial charge in [0.25, 0.3) is 5.91 Å². The summed E-state index contributed by atoms with van der Waals surface area (Å²) in [6.45, 7) is 4.82. The number of hydrogen-bond acceptors (Lipinski definition) is 5. The maximum Gasteiger partial charge on any atom is 0.254 e. The molecule has 0 aliphatic carbocycles. The lowest BCUT2D eigenvalue weighted by molar-refractivity contribution is 0.0732. The zero-order valence-corrected chi connectivity index (χ0v) is 18.8. The Morgan fingerprint density at radius 3 is 2.39 bits per heavy atom. The lowest BCUT2D eigenvalue weighted by atomic mass is 10.0. The highest BCUT2D eigenvalue weighted by molar-refractivity contribution is 5.94. The SMILES string of the molecule is Cc1ccc(Oc2nc(N3CCCCC3)nc3c2CN(C(=O)c2ccc(F)cc2)CC3)cc1. The summed E-state index contributed by atoms with van der Waals surface area (Å²) >= 11 is 0. The molecule has 1 aromatic heterocycles. The number of rotatable bonds is 4. The van der Waals surface area contributed by atoms with E-state index < -0.39 is 0 Å². The first-order valence-electron chi connectivity index (χ1n) is 11.5. The average molecular weight is 447 g/mol. The smallest absolute Gasteiger partial charge is 0.254 e. The van der Waals surface area contributed by atoms with E-state index in [9.17, 15) is 9.18 Å². The molecule has 1 saturated heterocycles. The van der Waals surface area contributed by atoms with Gasteiger partial charge in [-0.2, -0.15) is 4.98 Å². The van der Waals surface area contributed by atoms with Crippen LogP contribution in [0, 0.1) is 12.7 Å². The van der Waals surface area contributed by atoms with Crippen molar-refractivity contribution in [1.29, 1.82) is 0 Å². The van der Waals surface area contributed by atoms with Crippen molar-refractivity contribution in [2.45, 2.75) is 39.2 Å². The van der Waals surface area contributed by atoms with E-state index in [0.717, 1.165) is 42.8 Å². The first-order chi connectivity index (χ1) is 16.1. The van der Waals surface area contributed by atoms with E-state index in [1.807, 2.05) is 31.2 Å². The summed E-state index contributed by atoms with van der Waals surface area (Å²) in [4.78, 5) is 26.7. The molecule has 7 heteroatoms. The highest BCUT2D eigenvalue weighted by Gasteiger charge is 2.28. The van der Waals surface area contributed by atoms with Crippen LogP contribution in [-0.4, -0.2) is 40.4 Å². The van der Waals surface area contributed by atoms with Gasteiger partial charge in [-0.3, -0.25) is 4.79 Å². The molecule has 2 aliphatic rings. The number of hydrogen-bond donors (Lipinski definition) is 0. The molecule has 0 spiro atoms. The Balaban J connectivity index is 1.47. The molecule has 3 heterocycles. The zero-order valence-electron chi connectivity index (χ0n) is 18.8. The molecule has 0 saturated carbocycles. The van der Waals surface area contributed by atoms with Crippen molar-refractivity contribution in [1.82, 2.24) is 14.9 Å². The van der Waals surface area contributed by atoms with E-state index in [1.54, 1.807) is 4.90 Å². The first kappa shape index (κ1) is 21.4. The van der Waals surface area contributed by atoms with Gasteiger partial charge in [0.15, 0.2) is 0 Å². The van der Waals surface area contributed by atoms with Crippen molar-refractivity contribution >= 4 is 11.9 Å². The van der Waals surface area contributed by atoms with Crippen LogP contribution < -0.4 is 9.64 Å². The number of aromatic nitrogens is 2. The molecule has 0 atom stereocenters.